The number of hydrogen-bond donors (Lipinski definition) is 0. The number of ether oxygens (including phenoxy) is 3. The molecule has 0 unspecified atom stereocenters. The molecule has 7 nitrogen and oxygen atoms in total. The first-order chi connectivity index (χ1) is 9.19. The van der Waals surface area contributed by atoms with Crippen molar-refractivity contribution in [2.45, 2.75) is 12.8 Å². The van der Waals surface area contributed by atoms with Crippen molar-refractivity contribution in [3.05, 3.63) is 28.7 Å². The highest BCUT2D eigenvalue weighted by molar-refractivity contribution is 5.70. The number of pyridine rings is 1. The van der Waals surface area contributed by atoms with Crippen LogP contribution in [-0.2, 0) is 16.0 Å². The molecule has 0 atom stereocenters. The van der Waals surface area contributed by atoms with Crippen molar-refractivity contribution >= 4 is 11.2 Å². The smallest absolute Gasteiger partial charge is 0.270 e. The lowest BCUT2D eigenvalue weighted by Crippen LogP contribution is -2.29. The number of fused-ring (bicyclic) bond motifs is 1. The van der Waals surface area contributed by atoms with E-state index in [0.29, 0.717) is 17.0 Å². The lowest BCUT2D eigenvalue weighted by molar-refractivity contribution is -0.110. The summed E-state index contributed by atoms with van der Waals surface area (Å²) >= 11 is 0. The van der Waals surface area contributed by atoms with Crippen LogP contribution in [0, 0.1) is 0 Å². The SMILES string of the molecule is COc1ccc2ncc(=O)n(CC(OC)OC)c2n1. The maximum absolute atomic E-state index is 11.9. The molecule has 0 spiro atoms. The van der Waals surface area contributed by atoms with E-state index >= 15 is 0 Å². The molecule has 0 aromatic carbocycles. The molecule has 0 amide bonds. The Balaban J connectivity index is 2.56. The number of hydrogen-bond acceptors (Lipinski definition) is 6. The summed E-state index contributed by atoms with van der Waals surface area (Å²) in [5.74, 6) is 0.417. The van der Waals surface area contributed by atoms with Crippen LogP contribution in [0.3, 0.4) is 0 Å². The molecule has 102 valence electrons. The summed E-state index contributed by atoms with van der Waals surface area (Å²) in [7, 11) is 4.54. The van der Waals surface area contributed by atoms with Gasteiger partial charge in [0.05, 0.1) is 19.9 Å². The fourth-order valence-electron chi connectivity index (χ4n) is 1.71. The van der Waals surface area contributed by atoms with E-state index in [1.807, 2.05) is 0 Å². The van der Waals surface area contributed by atoms with Crippen molar-refractivity contribution in [1.82, 2.24) is 14.5 Å². The van der Waals surface area contributed by atoms with Crippen LogP contribution in [0.4, 0.5) is 0 Å². The van der Waals surface area contributed by atoms with Gasteiger partial charge >= 0.3 is 0 Å². The molecule has 2 aromatic rings. The van der Waals surface area contributed by atoms with Gasteiger partial charge in [0, 0.05) is 20.3 Å². The molecule has 2 rings (SSSR count). The Hall–Kier alpha value is -1.99. The predicted octanol–water partition coefficient (Wildman–Crippen LogP) is 0.419. The zero-order valence-electron chi connectivity index (χ0n) is 11.0. The highest BCUT2D eigenvalue weighted by atomic mass is 16.7. The van der Waals surface area contributed by atoms with Crippen LogP contribution >= 0.6 is 0 Å². The fourth-order valence-corrected chi connectivity index (χ4v) is 1.71. The molecule has 0 bridgehead atoms. The Morgan fingerprint density at radius 3 is 2.63 bits per heavy atom. The van der Waals surface area contributed by atoms with Crippen LogP contribution < -0.4 is 10.3 Å². The maximum Gasteiger partial charge on any atom is 0.270 e. The summed E-state index contributed by atoms with van der Waals surface area (Å²) in [6.45, 7) is 0.227. The predicted molar refractivity (Wildman–Crippen MR) is 68.2 cm³/mol. The van der Waals surface area contributed by atoms with Crippen molar-refractivity contribution in [3.8, 4) is 5.88 Å². The lowest BCUT2D eigenvalue weighted by Gasteiger charge is -2.16. The van der Waals surface area contributed by atoms with Gasteiger partial charge in [0.2, 0.25) is 5.88 Å². The molecule has 7 heteroatoms. The fraction of sp³-hybridized carbons (Fsp3) is 0.417. The van der Waals surface area contributed by atoms with Crippen LogP contribution in [0.15, 0.2) is 23.1 Å². The van der Waals surface area contributed by atoms with Crippen LogP contribution in [0.25, 0.3) is 11.2 Å². The summed E-state index contributed by atoms with van der Waals surface area (Å²) in [6.07, 6.45) is 0.718. The third-order valence-corrected chi connectivity index (χ3v) is 2.73. The van der Waals surface area contributed by atoms with E-state index in [1.165, 1.54) is 32.1 Å². The first kappa shape index (κ1) is 13.4. The van der Waals surface area contributed by atoms with E-state index in [9.17, 15) is 4.79 Å². The Morgan fingerprint density at radius 2 is 2.00 bits per heavy atom. The summed E-state index contributed by atoms with van der Waals surface area (Å²) in [5, 5.41) is 0. The average Bonchev–Trinajstić information content (AvgIpc) is 2.46. The molecular weight excluding hydrogens is 250 g/mol. The second-order valence-electron chi connectivity index (χ2n) is 3.80. The molecule has 2 heterocycles. The van der Waals surface area contributed by atoms with Crippen molar-refractivity contribution in [2.24, 2.45) is 0 Å². The van der Waals surface area contributed by atoms with Gasteiger partial charge in [-0.25, -0.2) is 4.98 Å². The molecule has 19 heavy (non-hydrogen) atoms. The second-order valence-corrected chi connectivity index (χ2v) is 3.80. The van der Waals surface area contributed by atoms with Gasteiger partial charge < -0.3 is 14.2 Å². The van der Waals surface area contributed by atoms with E-state index in [0.717, 1.165) is 0 Å². The average molecular weight is 265 g/mol. The van der Waals surface area contributed by atoms with Crippen molar-refractivity contribution in [2.75, 3.05) is 21.3 Å². The number of nitrogens with zero attached hydrogens (tertiary/aromatic N) is 3. The second kappa shape index (κ2) is 5.77. The topological polar surface area (TPSA) is 75.5 Å². The van der Waals surface area contributed by atoms with Crippen LogP contribution in [-0.4, -0.2) is 42.2 Å². The molecule has 0 radical (unpaired) electrons. The van der Waals surface area contributed by atoms with Crippen molar-refractivity contribution in [1.29, 1.82) is 0 Å². The van der Waals surface area contributed by atoms with Gasteiger partial charge in [-0.1, -0.05) is 0 Å². The summed E-state index contributed by atoms with van der Waals surface area (Å²) in [4.78, 5) is 20.2. The van der Waals surface area contributed by atoms with E-state index in [2.05, 4.69) is 9.97 Å². The highest BCUT2D eigenvalue weighted by Crippen LogP contribution is 2.13. The van der Waals surface area contributed by atoms with Gasteiger partial charge in [-0.05, 0) is 6.07 Å². The molecule has 2 aromatic heterocycles. The molecule has 0 aliphatic carbocycles. The summed E-state index contributed by atoms with van der Waals surface area (Å²) in [5.41, 5.74) is 0.768. The van der Waals surface area contributed by atoms with Crippen LogP contribution in [0.1, 0.15) is 0 Å². The van der Waals surface area contributed by atoms with Crippen LogP contribution in [0.5, 0.6) is 5.88 Å². The summed E-state index contributed by atoms with van der Waals surface area (Å²) < 4.78 is 16.7. The quantitative estimate of drug-likeness (QED) is 0.729. The van der Waals surface area contributed by atoms with Gasteiger partial charge in [0.15, 0.2) is 11.9 Å². The van der Waals surface area contributed by atoms with E-state index in [1.54, 1.807) is 12.1 Å². The standard InChI is InChI=1S/C12H15N3O4/c1-17-9-5-4-8-12(14-9)15(10(16)6-13-8)7-11(18-2)19-3/h4-6,11H,7H2,1-3H3. The van der Waals surface area contributed by atoms with E-state index in [-0.39, 0.29) is 12.1 Å². The zero-order valence-corrected chi connectivity index (χ0v) is 11.0. The van der Waals surface area contributed by atoms with Gasteiger partial charge in [0.1, 0.15) is 5.52 Å². The van der Waals surface area contributed by atoms with Gasteiger partial charge in [-0.3, -0.25) is 9.36 Å². The molecule has 0 saturated heterocycles. The minimum absolute atomic E-state index is 0.227. The first-order valence-electron chi connectivity index (χ1n) is 5.65. The monoisotopic (exact) mass is 265 g/mol. The van der Waals surface area contributed by atoms with E-state index in [4.69, 9.17) is 14.2 Å². The van der Waals surface area contributed by atoms with E-state index < -0.39 is 6.29 Å². The molecular formula is C12H15N3O4. The molecule has 0 fully saturated rings. The third kappa shape index (κ3) is 2.72. The Labute approximate surface area is 109 Å². The molecule has 0 aliphatic heterocycles. The molecule has 0 N–H and O–H groups in total. The molecule has 0 aliphatic rings. The lowest BCUT2D eigenvalue weighted by atomic mass is 10.4. The largest absolute Gasteiger partial charge is 0.481 e. The number of aromatic nitrogens is 3. The highest BCUT2D eigenvalue weighted by Gasteiger charge is 2.12. The Morgan fingerprint density at radius 1 is 1.26 bits per heavy atom. The zero-order chi connectivity index (χ0) is 13.8. The third-order valence-electron chi connectivity index (χ3n) is 2.73. The minimum atomic E-state index is -0.531. The maximum atomic E-state index is 11.9. The van der Waals surface area contributed by atoms with Gasteiger partial charge in [-0.15, -0.1) is 0 Å². The minimum Gasteiger partial charge on any atom is -0.481 e. The Kier molecular flexibility index (Phi) is 4.08. The summed E-state index contributed by atoms with van der Waals surface area (Å²) in [6, 6.07) is 3.43. The number of rotatable bonds is 5. The molecule has 0 saturated carbocycles. The van der Waals surface area contributed by atoms with Crippen molar-refractivity contribution in [3.63, 3.8) is 0 Å². The normalized spacial score (nSPS) is 11.2. The Bertz CT molecular complexity index is 622. The van der Waals surface area contributed by atoms with Gasteiger partial charge in [-0.2, -0.15) is 4.98 Å². The number of methoxy groups -OCH3 is 3. The first-order valence-corrected chi connectivity index (χ1v) is 5.65. The van der Waals surface area contributed by atoms with Crippen LogP contribution in [0.2, 0.25) is 0 Å². The van der Waals surface area contributed by atoms with Gasteiger partial charge in [0.25, 0.3) is 5.56 Å². The van der Waals surface area contributed by atoms with Crippen molar-refractivity contribution < 1.29 is 14.2 Å².